The van der Waals surface area contributed by atoms with Crippen LogP contribution in [0.4, 0.5) is 4.39 Å². The molecule has 0 atom stereocenters. The Labute approximate surface area is 84.0 Å². The first-order chi connectivity index (χ1) is 6.09. The summed E-state index contributed by atoms with van der Waals surface area (Å²) in [6.45, 7) is 1.39. The van der Waals surface area contributed by atoms with Gasteiger partial charge in [-0.1, -0.05) is 0 Å². The Morgan fingerprint density at radius 2 is 1.92 bits per heavy atom. The van der Waals surface area contributed by atoms with E-state index in [0.717, 1.165) is 3.57 Å². The summed E-state index contributed by atoms with van der Waals surface area (Å²) in [7, 11) is 0. The molecule has 0 heterocycles. The number of carbonyl (C=O) groups excluding carboxylic acids is 1. The fraction of sp³-hybridized carbons (Fsp3) is 0.222. The number of hydrogen-bond acceptors (Lipinski definition) is 2. The SMILES string of the molecule is CC(=O)OI(C)c1ccc(F)cc1. The maximum atomic E-state index is 12.5. The number of rotatable bonds is 2. The van der Waals surface area contributed by atoms with Gasteiger partial charge in [0.1, 0.15) is 0 Å². The van der Waals surface area contributed by atoms with Gasteiger partial charge in [0.05, 0.1) is 0 Å². The molecule has 0 spiro atoms. The molecular weight excluding hydrogens is 286 g/mol. The van der Waals surface area contributed by atoms with Crippen molar-refractivity contribution in [2.75, 3.05) is 4.93 Å². The second-order valence-corrected chi connectivity index (χ2v) is 6.51. The van der Waals surface area contributed by atoms with Crippen molar-refractivity contribution in [3.63, 3.8) is 0 Å². The van der Waals surface area contributed by atoms with Gasteiger partial charge in [-0.2, -0.15) is 0 Å². The Kier molecular flexibility index (Phi) is 3.65. The first-order valence-electron chi connectivity index (χ1n) is 3.64. The molecule has 1 rings (SSSR count). The Bertz CT molecular complexity index is 297. The summed E-state index contributed by atoms with van der Waals surface area (Å²) in [5, 5.41) is 0. The minimum absolute atomic E-state index is 0.267. The maximum absolute atomic E-state index is 12.5. The monoisotopic (exact) mass is 296 g/mol. The second-order valence-electron chi connectivity index (χ2n) is 2.43. The van der Waals surface area contributed by atoms with Crippen molar-refractivity contribution < 1.29 is 12.3 Å². The Morgan fingerprint density at radius 3 is 2.38 bits per heavy atom. The molecule has 13 heavy (non-hydrogen) atoms. The molecular formula is C9H10FIO2. The van der Waals surface area contributed by atoms with Gasteiger partial charge in [0, 0.05) is 0 Å². The van der Waals surface area contributed by atoms with E-state index in [0.29, 0.717) is 0 Å². The zero-order chi connectivity index (χ0) is 9.84. The van der Waals surface area contributed by atoms with Crippen LogP contribution in [0.15, 0.2) is 24.3 Å². The first kappa shape index (κ1) is 10.4. The van der Waals surface area contributed by atoms with Gasteiger partial charge >= 0.3 is 84.0 Å². The molecule has 0 saturated heterocycles. The van der Waals surface area contributed by atoms with E-state index in [9.17, 15) is 9.18 Å². The van der Waals surface area contributed by atoms with Gasteiger partial charge in [-0.15, -0.1) is 0 Å². The van der Waals surface area contributed by atoms with Crippen LogP contribution in [0.1, 0.15) is 6.92 Å². The van der Waals surface area contributed by atoms with Gasteiger partial charge in [0.2, 0.25) is 0 Å². The summed E-state index contributed by atoms with van der Waals surface area (Å²) in [5.41, 5.74) is 0. The molecule has 0 aliphatic rings. The Morgan fingerprint density at radius 1 is 1.38 bits per heavy atom. The molecule has 0 aliphatic heterocycles. The zero-order valence-electron chi connectivity index (χ0n) is 7.38. The molecule has 2 nitrogen and oxygen atoms in total. The normalized spacial score (nSPS) is 10.8. The van der Waals surface area contributed by atoms with Gasteiger partial charge in [0.25, 0.3) is 0 Å². The zero-order valence-corrected chi connectivity index (χ0v) is 9.54. The molecule has 4 heteroatoms. The average Bonchev–Trinajstić information content (AvgIpc) is 2.04. The average molecular weight is 296 g/mol. The van der Waals surface area contributed by atoms with Crippen molar-refractivity contribution in [3.05, 3.63) is 33.7 Å². The van der Waals surface area contributed by atoms with E-state index >= 15 is 0 Å². The topological polar surface area (TPSA) is 26.3 Å². The molecule has 0 fully saturated rings. The van der Waals surface area contributed by atoms with Crippen LogP contribution in [0.2, 0.25) is 0 Å². The third kappa shape index (κ3) is 3.30. The second kappa shape index (κ2) is 4.55. The quantitative estimate of drug-likeness (QED) is 0.619. The summed E-state index contributed by atoms with van der Waals surface area (Å²) in [6.07, 6.45) is 0. The van der Waals surface area contributed by atoms with Crippen molar-refractivity contribution >= 4 is 26.2 Å². The Balaban J connectivity index is 2.71. The van der Waals surface area contributed by atoms with Gasteiger partial charge in [0.15, 0.2) is 0 Å². The molecule has 0 aromatic heterocycles. The van der Waals surface area contributed by atoms with Gasteiger partial charge in [-0.3, -0.25) is 0 Å². The summed E-state index contributed by atoms with van der Waals surface area (Å²) < 4.78 is 18.5. The van der Waals surface area contributed by atoms with Crippen LogP contribution in [-0.4, -0.2) is 10.9 Å². The van der Waals surface area contributed by atoms with Crippen molar-refractivity contribution in [2.24, 2.45) is 0 Å². The van der Waals surface area contributed by atoms with Crippen molar-refractivity contribution in [2.45, 2.75) is 6.92 Å². The standard InChI is InChI=1S/C9H10FIO2/c1-7(12)13-11(2)9-5-3-8(10)4-6-9/h3-6H,1-2H3. The fourth-order valence-electron chi connectivity index (χ4n) is 0.814. The van der Waals surface area contributed by atoms with Crippen LogP contribution >= 0.6 is 20.2 Å². The number of alkyl halides is 1. The van der Waals surface area contributed by atoms with E-state index in [4.69, 9.17) is 3.07 Å². The summed E-state index contributed by atoms with van der Waals surface area (Å²) in [4.78, 5) is 12.5. The van der Waals surface area contributed by atoms with Crippen LogP contribution in [0.3, 0.4) is 0 Å². The fourth-order valence-corrected chi connectivity index (χ4v) is 3.37. The van der Waals surface area contributed by atoms with Crippen molar-refractivity contribution in [3.8, 4) is 0 Å². The molecule has 1 aromatic rings. The predicted molar refractivity (Wildman–Crippen MR) is 56.8 cm³/mol. The minimum atomic E-state index is -1.83. The molecule has 0 saturated carbocycles. The van der Waals surface area contributed by atoms with Crippen LogP contribution < -0.4 is 0 Å². The molecule has 0 N–H and O–H groups in total. The van der Waals surface area contributed by atoms with Crippen molar-refractivity contribution in [1.82, 2.24) is 0 Å². The number of hydrogen-bond donors (Lipinski definition) is 0. The summed E-state index contributed by atoms with van der Waals surface area (Å²) in [6, 6.07) is 6.10. The van der Waals surface area contributed by atoms with Gasteiger partial charge in [-0.25, -0.2) is 0 Å². The van der Waals surface area contributed by atoms with Gasteiger partial charge < -0.3 is 0 Å². The van der Waals surface area contributed by atoms with E-state index in [1.165, 1.54) is 19.1 Å². The third-order valence-electron chi connectivity index (χ3n) is 1.34. The van der Waals surface area contributed by atoms with E-state index < -0.39 is 20.2 Å². The van der Waals surface area contributed by atoms with Crippen LogP contribution in [0.5, 0.6) is 0 Å². The van der Waals surface area contributed by atoms with Crippen molar-refractivity contribution in [1.29, 1.82) is 0 Å². The molecule has 0 unspecified atom stereocenters. The number of benzene rings is 1. The van der Waals surface area contributed by atoms with E-state index in [1.807, 2.05) is 4.93 Å². The molecule has 0 amide bonds. The number of halogens is 2. The van der Waals surface area contributed by atoms with Crippen LogP contribution in [-0.2, 0) is 7.86 Å². The third-order valence-corrected chi connectivity index (χ3v) is 5.09. The molecule has 0 aliphatic carbocycles. The number of carbonyl (C=O) groups is 1. The van der Waals surface area contributed by atoms with Crippen LogP contribution in [0.25, 0.3) is 0 Å². The molecule has 0 bridgehead atoms. The predicted octanol–water partition coefficient (Wildman–Crippen LogP) is 2.61. The first-order valence-corrected chi connectivity index (χ1v) is 7.76. The summed E-state index contributed by atoms with van der Waals surface area (Å²) in [5.74, 6) is -0.534. The van der Waals surface area contributed by atoms with Crippen LogP contribution in [0, 0.1) is 9.39 Å². The van der Waals surface area contributed by atoms with E-state index in [2.05, 4.69) is 0 Å². The van der Waals surface area contributed by atoms with E-state index in [1.54, 1.807) is 12.1 Å². The summed E-state index contributed by atoms with van der Waals surface area (Å²) >= 11 is -1.83. The Hall–Kier alpha value is -0.650. The van der Waals surface area contributed by atoms with E-state index in [-0.39, 0.29) is 11.8 Å². The molecule has 72 valence electrons. The molecule has 1 aromatic carbocycles. The van der Waals surface area contributed by atoms with Gasteiger partial charge in [-0.05, 0) is 0 Å². The molecule has 0 radical (unpaired) electrons.